The highest BCUT2D eigenvalue weighted by molar-refractivity contribution is 5.91. The van der Waals surface area contributed by atoms with Crippen molar-refractivity contribution in [1.82, 2.24) is 0 Å². The molecule has 23 heavy (non-hydrogen) atoms. The molecule has 5 heteroatoms. The number of aryl methyl sites for hydroxylation is 2. The van der Waals surface area contributed by atoms with Crippen LogP contribution in [-0.2, 0) is 11.4 Å². The van der Waals surface area contributed by atoms with E-state index in [1.54, 1.807) is 6.92 Å². The molecule has 0 aliphatic rings. The lowest BCUT2D eigenvalue weighted by atomic mass is 10.1. The van der Waals surface area contributed by atoms with Gasteiger partial charge in [-0.25, -0.2) is 4.39 Å². The van der Waals surface area contributed by atoms with E-state index in [9.17, 15) is 14.4 Å². The zero-order valence-electron chi connectivity index (χ0n) is 13.5. The lowest BCUT2D eigenvalue weighted by Crippen LogP contribution is -2.27. The second-order valence-electron chi connectivity index (χ2n) is 5.39. The fourth-order valence-corrected chi connectivity index (χ4v) is 2.26. The average molecular weight is 317 g/mol. The van der Waals surface area contributed by atoms with Crippen LogP contribution in [0.25, 0.3) is 0 Å². The van der Waals surface area contributed by atoms with Crippen molar-refractivity contribution in [3.63, 3.8) is 0 Å². The summed E-state index contributed by atoms with van der Waals surface area (Å²) >= 11 is 0. The number of halogens is 1. The Morgan fingerprint density at radius 2 is 1.96 bits per heavy atom. The molecule has 0 aromatic heterocycles. The monoisotopic (exact) mass is 317 g/mol. The molecule has 1 amide bonds. The minimum atomic E-state index is -0.529. The van der Waals surface area contributed by atoms with E-state index in [0.717, 1.165) is 17.2 Å². The Balaban J connectivity index is 2.24. The van der Waals surface area contributed by atoms with Crippen LogP contribution in [0.5, 0.6) is 5.75 Å². The zero-order chi connectivity index (χ0) is 17.0. The van der Waals surface area contributed by atoms with E-state index in [4.69, 9.17) is 4.74 Å². The van der Waals surface area contributed by atoms with Crippen molar-refractivity contribution >= 4 is 11.6 Å². The molecule has 4 nitrogen and oxygen atoms in total. The number of benzene rings is 2. The van der Waals surface area contributed by atoms with Gasteiger partial charge in [0, 0.05) is 18.1 Å². The van der Waals surface area contributed by atoms with Crippen LogP contribution >= 0.6 is 0 Å². The Hall–Kier alpha value is -2.40. The van der Waals surface area contributed by atoms with E-state index in [1.165, 1.54) is 12.1 Å². The maximum Gasteiger partial charge on any atom is 0.250 e. The number of hydrogen-bond acceptors (Lipinski definition) is 3. The van der Waals surface area contributed by atoms with E-state index >= 15 is 0 Å². The number of anilines is 1. The SMILES string of the molecule is CCC(=O)N(O)c1cc(F)ccc1COc1ccc(C)cc1C. The van der Waals surface area contributed by atoms with Crippen molar-refractivity contribution in [2.24, 2.45) is 0 Å². The second kappa shape index (κ2) is 7.24. The first-order valence-electron chi connectivity index (χ1n) is 7.42. The smallest absolute Gasteiger partial charge is 0.250 e. The Kier molecular flexibility index (Phi) is 5.34. The van der Waals surface area contributed by atoms with Gasteiger partial charge in [0.25, 0.3) is 0 Å². The molecule has 0 saturated heterocycles. The van der Waals surface area contributed by atoms with Gasteiger partial charge in [0.1, 0.15) is 18.2 Å². The lowest BCUT2D eigenvalue weighted by molar-refractivity contribution is -0.123. The quantitative estimate of drug-likeness (QED) is 0.665. The van der Waals surface area contributed by atoms with Crippen LogP contribution < -0.4 is 9.80 Å². The Labute approximate surface area is 135 Å². The molecule has 0 unspecified atom stereocenters. The van der Waals surface area contributed by atoms with Crippen molar-refractivity contribution < 1.29 is 19.1 Å². The van der Waals surface area contributed by atoms with Gasteiger partial charge in [-0.05, 0) is 31.5 Å². The van der Waals surface area contributed by atoms with E-state index < -0.39 is 11.7 Å². The fourth-order valence-electron chi connectivity index (χ4n) is 2.26. The third-order valence-electron chi connectivity index (χ3n) is 3.53. The van der Waals surface area contributed by atoms with Crippen LogP contribution in [0.4, 0.5) is 10.1 Å². The molecule has 0 saturated carbocycles. The third kappa shape index (κ3) is 4.07. The molecule has 2 aromatic rings. The minimum Gasteiger partial charge on any atom is -0.489 e. The molecule has 0 atom stereocenters. The van der Waals surface area contributed by atoms with Crippen molar-refractivity contribution in [3.8, 4) is 5.75 Å². The fraction of sp³-hybridized carbons (Fsp3) is 0.278. The van der Waals surface area contributed by atoms with Crippen LogP contribution in [0.3, 0.4) is 0 Å². The van der Waals surface area contributed by atoms with Gasteiger partial charge in [0.05, 0.1) is 5.69 Å². The predicted molar refractivity (Wildman–Crippen MR) is 86.2 cm³/mol. The van der Waals surface area contributed by atoms with E-state index in [-0.39, 0.29) is 18.7 Å². The van der Waals surface area contributed by atoms with Gasteiger partial charge >= 0.3 is 0 Å². The zero-order valence-corrected chi connectivity index (χ0v) is 13.5. The van der Waals surface area contributed by atoms with Gasteiger partial charge in [-0.3, -0.25) is 10.0 Å². The normalized spacial score (nSPS) is 10.5. The first-order valence-corrected chi connectivity index (χ1v) is 7.42. The van der Waals surface area contributed by atoms with E-state index in [0.29, 0.717) is 16.4 Å². The number of hydroxylamine groups is 1. The molecule has 1 N–H and O–H groups in total. The molecule has 0 radical (unpaired) electrons. The number of nitrogens with zero attached hydrogens (tertiary/aromatic N) is 1. The van der Waals surface area contributed by atoms with E-state index in [2.05, 4.69) is 0 Å². The number of amides is 1. The first-order chi connectivity index (χ1) is 10.9. The molecule has 0 aliphatic heterocycles. The Morgan fingerprint density at radius 3 is 2.61 bits per heavy atom. The highest BCUT2D eigenvalue weighted by Gasteiger charge is 2.16. The summed E-state index contributed by atoms with van der Waals surface area (Å²) in [6.45, 7) is 5.67. The maximum absolute atomic E-state index is 13.5. The Morgan fingerprint density at radius 1 is 1.22 bits per heavy atom. The molecular formula is C18H20FNO3. The molecule has 0 bridgehead atoms. The minimum absolute atomic E-state index is 0.0987. The molecule has 0 aliphatic carbocycles. The maximum atomic E-state index is 13.5. The second-order valence-corrected chi connectivity index (χ2v) is 5.39. The van der Waals surface area contributed by atoms with Gasteiger partial charge in [0.15, 0.2) is 0 Å². The first kappa shape index (κ1) is 17.0. The number of carbonyl (C=O) groups is 1. The average Bonchev–Trinajstić information content (AvgIpc) is 2.53. The van der Waals surface area contributed by atoms with Crippen molar-refractivity contribution in [2.45, 2.75) is 33.8 Å². The van der Waals surface area contributed by atoms with Gasteiger partial charge in [-0.1, -0.05) is 30.7 Å². The van der Waals surface area contributed by atoms with Gasteiger partial charge in [-0.15, -0.1) is 0 Å². The highest BCUT2D eigenvalue weighted by atomic mass is 19.1. The van der Waals surface area contributed by atoms with Crippen LogP contribution in [0.15, 0.2) is 36.4 Å². The molecule has 0 heterocycles. The summed E-state index contributed by atoms with van der Waals surface area (Å²) in [5, 5.41) is 10.4. The van der Waals surface area contributed by atoms with Gasteiger partial charge < -0.3 is 4.74 Å². The molecule has 0 fully saturated rings. The summed E-state index contributed by atoms with van der Waals surface area (Å²) in [4.78, 5) is 11.7. The molecular weight excluding hydrogens is 297 g/mol. The van der Waals surface area contributed by atoms with Crippen LogP contribution in [0.2, 0.25) is 0 Å². The largest absolute Gasteiger partial charge is 0.489 e. The Bertz CT molecular complexity index is 715. The predicted octanol–water partition coefficient (Wildman–Crippen LogP) is 4.15. The summed E-state index contributed by atoms with van der Waals surface area (Å²) in [7, 11) is 0. The van der Waals surface area contributed by atoms with Crippen LogP contribution in [0.1, 0.15) is 30.0 Å². The van der Waals surface area contributed by atoms with E-state index in [1.807, 2.05) is 32.0 Å². The molecule has 2 aromatic carbocycles. The van der Waals surface area contributed by atoms with Crippen LogP contribution in [-0.4, -0.2) is 11.1 Å². The number of carbonyl (C=O) groups excluding carboxylic acids is 1. The standard InChI is InChI=1S/C18H20FNO3/c1-4-18(21)20(22)16-10-15(19)7-6-14(16)11-23-17-8-5-12(2)9-13(17)3/h5-10,22H,4,11H2,1-3H3. The lowest BCUT2D eigenvalue weighted by Gasteiger charge is -2.19. The topological polar surface area (TPSA) is 49.8 Å². The van der Waals surface area contributed by atoms with Crippen molar-refractivity contribution in [3.05, 3.63) is 58.9 Å². The van der Waals surface area contributed by atoms with Crippen molar-refractivity contribution in [2.75, 3.05) is 5.06 Å². The highest BCUT2D eigenvalue weighted by Crippen LogP contribution is 2.25. The third-order valence-corrected chi connectivity index (χ3v) is 3.53. The van der Waals surface area contributed by atoms with Gasteiger partial charge in [-0.2, -0.15) is 5.06 Å². The van der Waals surface area contributed by atoms with Crippen molar-refractivity contribution in [1.29, 1.82) is 0 Å². The number of hydrogen-bond donors (Lipinski definition) is 1. The summed E-state index contributed by atoms with van der Waals surface area (Å²) in [6, 6.07) is 9.69. The molecule has 122 valence electrons. The summed E-state index contributed by atoms with van der Waals surface area (Å²) < 4.78 is 19.2. The molecule has 0 spiro atoms. The summed E-state index contributed by atoms with van der Waals surface area (Å²) in [5.41, 5.74) is 2.74. The summed E-state index contributed by atoms with van der Waals surface area (Å²) in [6.07, 6.45) is 0.115. The van der Waals surface area contributed by atoms with Gasteiger partial charge in [0.2, 0.25) is 5.91 Å². The number of rotatable bonds is 5. The van der Waals surface area contributed by atoms with Crippen LogP contribution in [0, 0.1) is 19.7 Å². The number of ether oxygens (including phenoxy) is 1. The molecule has 2 rings (SSSR count). The summed E-state index contributed by atoms with van der Waals surface area (Å²) in [5.74, 6) is -0.334.